The van der Waals surface area contributed by atoms with E-state index >= 15 is 0 Å². The molecule has 2 unspecified atom stereocenters. The Morgan fingerprint density at radius 3 is 3.00 bits per heavy atom. The van der Waals surface area contributed by atoms with Gasteiger partial charge in [0, 0.05) is 38.6 Å². The second-order valence-electron chi connectivity index (χ2n) is 5.81. The van der Waals surface area contributed by atoms with Crippen molar-refractivity contribution in [1.29, 1.82) is 0 Å². The Morgan fingerprint density at radius 2 is 2.35 bits per heavy atom. The molecule has 1 fully saturated rings. The fourth-order valence-corrected chi connectivity index (χ4v) is 3.21. The number of guanidine groups is 1. The summed E-state index contributed by atoms with van der Waals surface area (Å²) in [6.07, 6.45) is 0.233. The molecule has 0 saturated carbocycles. The Morgan fingerprint density at radius 1 is 1.52 bits per heavy atom. The van der Waals surface area contributed by atoms with E-state index in [9.17, 15) is 0 Å². The summed E-state index contributed by atoms with van der Waals surface area (Å²) in [6, 6.07) is 2.18. The number of aliphatic imine (C=N–C) groups is 1. The summed E-state index contributed by atoms with van der Waals surface area (Å²) in [5, 5.41) is 11.0. The van der Waals surface area contributed by atoms with Crippen LogP contribution < -0.4 is 10.6 Å². The van der Waals surface area contributed by atoms with Crippen molar-refractivity contribution in [1.82, 2.24) is 15.5 Å². The zero-order valence-corrected chi connectivity index (χ0v) is 17.4. The quantitative estimate of drug-likeness (QED) is 0.395. The maximum atomic E-state index is 5.78. The lowest BCUT2D eigenvalue weighted by atomic mass is 10.1. The van der Waals surface area contributed by atoms with Crippen LogP contribution in [0.2, 0.25) is 0 Å². The third-order valence-corrected chi connectivity index (χ3v) is 4.52. The molecule has 1 saturated heterocycles. The molecule has 0 spiro atoms. The summed E-state index contributed by atoms with van der Waals surface area (Å²) >= 11 is 1.74. The predicted octanol–water partition coefficient (Wildman–Crippen LogP) is 2.36. The maximum Gasteiger partial charge on any atom is 0.191 e. The molecule has 2 rings (SSSR count). The van der Waals surface area contributed by atoms with E-state index in [1.54, 1.807) is 11.3 Å². The van der Waals surface area contributed by atoms with Crippen molar-refractivity contribution in [2.45, 2.75) is 25.9 Å². The zero-order valence-electron chi connectivity index (χ0n) is 14.2. The van der Waals surface area contributed by atoms with Gasteiger partial charge < -0.3 is 20.3 Å². The lowest BCUT2D eigenvalue weighted by Gasteiger charge is -2.30. The summed E-state index contributed by atoms with van der Waals surface area (Å²) in [6.45, 7) is 9.55. The van der Waals surface area contributed by atoms with Crippen LogP contribution in [0, 0.1) is 0 Å². The van der Waals surface area contributed by atoms with Crippen LogP contribution in [0.15, 0.2) is 21.8 Å². The average Bonchev–Trinajstić information content (AvgIpc) is 3.04. The highest BCUT2D eigenvalue weighted by Crippen LogP contribution is 2.18. The first-order chi connectivity index (χ1) is 10.7. The molecule has 1 aromatic rings. The van der Waals surface area contributed by atoms with Gasteiger partial charge in [-0.05, 0) is 36.4 Å². The average molecular weight is 452 g/mol. The van der Waals surface area contributed by atoms with Crippen molar-refractivity contribution in [2.24, 2.45) is 4.99 Å². The van der Waals surface area contributed by atoms with E-state index in [0.717, 1.165) is 45.3 Å². The van der Waals surface area contributed by atoms with Crippen LogP contribution in [0.4, 0.5) is 0 Å². The van der Waals surface area contributed by atoms with E-state index in [2.05, 4.69) is 53.3 Å². The molecule has 0 radical (unpaired) electrons. The molecule has 2 heterocycles. The minimum Gasteiger partial charge on any atom is -0.374 e. The number of hydrogen-bond donors (Lipinski definition) is 2. The van der Waals surface area contributed by atoms with E-state index in [0.29, 0.717) is 5.92 Å². The first-order valence-corrected chi connectivity index (χ1v) is 8.97. The number of nitrogens with one attached hydrogen (secondary N) is 2. The summed E-state index contributed by atoms with van der Waals surface area (Å²) < 4.78 is 5.78. The monoisotopic (exact) mass is 452 g/mol. The van der Waals surface area contributed by atoms with Gasteiger partial charge in [0.15, 0.2) is 5.96 Å². The van der Waals surface area contributed by atoms with E-state index < -0.39 is 0 Å². The van der Waals surface area contributed by atoms with Gasteiger partial charge in [-0.15, -0.1) is 24.0 Å². The Kier molecular flexibility index (Phi) is 10.1. The number of halogens is 1. The molecule has 7 heteroatoms. The van der Waals surface area contributed by atoms with Crippen LogP contribution in [-0.4, -0.2) is 63.3 Å². The smallest absolute Gasteiger partial charge is 0.191 e. The highest BCUT2D eigenvalue weighted by molar-refractivity contribution is 14.0. The summed E-state index contributed by atoms with van der Waals surface area (Å²) in [5.41, 5.74) is 1.36. The third kappa shape index (κ3) is 7.36. The van der Waals surface area contributed by atoms with Crippen molar-refractivity contribution in [3.05, 3.63) is 22.4 Å². The molecular weight excluding hydrogens is 423 g/mol. The van der Waals surface area contributed by atoms with Gasteiger partial charge in [0.05, 0.1) is 12.7 Å². The Balaban J connectivity index is 0.00000264. The molecule has 5 nitrogen and oxygen atoms in total. The highest BCUT2D eigenvalue weighted by Gasteiger charge is 2.17. The first kappa shape index (κ1) is 20.7. The third-order valence-electron chi connectivity index (χ3n) is 3.82. The normalized spacial score (nSPS) is 20.7. The van der Waals surface area contributed by atoms with Crippen LogP contribution in [0.3, 0.4) is 0 Å². The predicted molar refractivity (Wildman–Crippen MR) is 109 cm³/mol. The number of likely N-dealkylation sites (N-methyl/N-ethyl adjacent to an activating group) is 1. The SMILES string of the molecule is CCNC(=NCC(C)c1ccsc1)NCC1CN(C)CCO1.I. The van der Waals surface area contributed by atoms with Crippen molar-refractivity contribution in [3.63, 3.8) is 0 Å². The molecule has 1 aromatic heterocycles. The van der Waals surface area contributed by atoms with Gasteiger partial charge in [-0.2, -0.15) is 11.3 Å². The van der Waals surface area contributed by atoms with Gasteiger partial charge in [0.25, 0.3) is 0 Å². The van der Waals surface area contributed by atoms with Crippen molar-refractivity contribution in [2.75, 3.05) is 46.4 Å². The summed E-state index contributed by atoms with van der Waals surface area (Å²) in [7, 11) is 2.14. The fourth-order valence-electron chi connectivity index (χ4n) is 2.43. The van der Waals surface area contributed by atoms with Gasteiger partial charge in [-0.3, -0.25) is 4.99 Å². The van der Waals surface area contributed by atoms with Gasteiger partial charge >= 0.3 is 0 Å². The highest BCUT2D eigenvalue weighted by atomic mass is 127. The topological polar surface area (TPSA) is 48.9 Å². The van der Waals surface area contributed by atoms with Gasteiger partial charge in [0.2, 0.25) is 0 Å². The minimum absolute atomic E-state index is 0. The number of nitrogens with zero attached hydrogens (tertiary/aromatic N) is 2. The second-order valence-corrected chi connectivity index (χ2v) is 6.59. The molecule has 0 aromatic carbocycles. The largest absolute Gasteiger partial charge is 0.374 e. The molecule has 2 N–H and O–H groups in total. The molecular formula is C16H29IN4OS. The molecule has 0 aliphatic carbocycles. The fraction of sp³-hybridized carbons (Fsp3) is 0.688. The standard InChI is InChI=1S/C16H28N4OS.HI/c1-4-17-16(18-9-13(2)14-5-8-22-12-14)19-10-15-11-20(3)6-7-21-15;/h5,8,12-13,15H,4,6-7,9-11H2,1-3H3,(H2,17,18,19);1H. The van der Waals surface area contributed by atoms with Crippen LogP contribution in [-0.2, 0) is 4.74 Å². The Bertz CT molecular complexity index is 455. The van der Waals surface area contributed by atoms with Gasteiger partial charge in [-0.25, -0.2) is 0 Å². The number of morpholine rings is 1. The summed E-state index contributed by atoms with van der Waals surface area (Å²) in [4.78, 5) is 7.01. The van der Waals surface area contributed by atoms with Gasteiger partial charge in [-0.1, -0.05) is 6.92 Å². The van der Waals surface area contributed by atoms with Crippen LogP contribution in [0.25, 0.3) is 0 Å². The Labute approximate surface area is 160 Å². The molecule has 0 bridgehead atoms. The van der Waals surface area contributed by atoms with Crippen LogP contribution in [0.1, 0.15) is 25.3 Å². The zero-order chi connectivity index (χ0) is 15.8. The first-order valence-electron chi connectivity index (χ1n) is 8.03. The van der Waals surface area contributed by atoms with E-state index in [1.165, 1.54) is 5.56 Å². The number of hydrogen-bond acceptors (Lipinski definition) is 4. The number of ether oxygens (including phenoxy) is 1. The minimum atomic E-state index is 0. The van der Waals surface area contributed by atoms with Crippen molar-refractivity contribution >= 4 is 41.3 Å². The lowest BCUT2D eigenvalue weighted by Crippen LogP contribution is -2.48. The van der Waals surface area contributed by atoms with E-state index in [-0.39, 0.29) is 30.1 Å². The van der Waals surface area contributed by atoms with Crippen LogP contribution in [0.5, 0.6) is 0 Å². The second kappa shape index (κ2) is 11.2. The van der Waals surface area contributed by atoms with E-state index in [4.69, 9.17) is 9.73 Å². The van der Waals surface area contributed by atoms with Gasteiger partial charge in [0.1, 0.15) is 0 Å². The summed E-state index contributed by atoms with van der Waals surface area (Å²) in [5.74, 6) is 1.32. The number of thiophene rings is 1. The lowest BCUT2D eigenvalue weighted by molar-refractivity contribution is -0.0161. The Hall–Kier alpha value is -0.380. The molecule has 1 aliphatic heterocycles. The maximum absolute atomic E-state index is 5.78. The number of rotatable bonds is 6. The van der Waals surface area contributed by atoms with Crippen LogP contribution >= 0.6 is 35.3 Å². The molecule has 132 valence electrons. The van der Waals surface area contributed by atoms with Crippen molar-refractivity contribution in [3.8, 4) is 0 Å². The molecule has 1 aliphatic rings. The molecule has 0 amide bonds. The van der Waals surface area contributed by atoms with E-state index in [1.807, 2.05) is 0 Å². The molecule has 23 heavy (non-hydrogen) atoms. The van der Waals surface area contributed by atoms with Crippen molar-refractivity contribution < 1.29 is 4.74 Å². The molecule has 2 atom stereocenters.